The number of ether oxygens (including phenoxy) is 1. The van der Waals surface area contributed by atoms with E-state index < -0.39 is 0 Å². The van der Waals surface area contributed by atoms with Crippen molar-refractivity contribution in [2.45, 2.75) is 26.4 Å². The largest absolute Gasteiger partial charge is 0.489 e. The molecule has 0 aliphatic carbocycles. The van der Waals surface area contributed by atoms with Crippen LogP contribution in [-0.4, -0.2) is 0 Å². The van der Waals surface area contributed by atoms with Crippen LogP contribution >= 0.6 is 0 Å². The molecule has 96 valence electrons. The number of aryl methyl sites for hydroxylation is 2. The highest BCUT2D eigenvalue weighted by atomic mass is 16.5. The Morgan fingerprint density at radius 3 is 2.21 bits per heavy atom. The van der Waals surface area contributed by atoms with Crippen LogP contribution in [0.1, 0.15) is 23.1 Å². The van der Waals surface area contributed by atoms with E-state index in [1.807, 2.05) is 24.3 Å². The minimum absolute atomic E-state index is 0.559. The fraction of sp³-hybridized carbons (Fsp3) is 0.235. The molecule has 0 unspecified atom stereocenters. The van der Waals surface area contributed by atoms with Crippen LogP contribution in [0.25, 0.3) is 0 Å². The molecule has 0 radical (unpaired) electrons. The zero-order chi connectivity index (χ0) is 13.5. The van der Waals surface area contributed by atoms with Crippen LogP contribution in [0.5, 0.6) is 5.75 Å². The Morgan fingerprint density at radius 2 is 1.58 bits per heavy atom. The quantitative estimate of drug-likeness (QED) is 0.803. The molecule has 0 aromatic heterocycles. The Balaban J connectivity index is 1.89. The molecule has 0 atom stereocenters. The second kappa shape index (κ2) is 6.61. The van der Waals surface area contributed by atoms with Gasteiger partial charge in [-0.25, -0.2) is 0 Å². The van der Waals surface area contributed by atoms with Crippen LogP contribution in [0.3, 0.4) is 0 Å². The average molecular weight is 251 g/mol. The maximum Gasteiger partial charge on any atom is 0.119 e. The summed E-state index contributed by atoms with van der Waals surface area (Å²) in [5.41, 5.74) is 3.59. The third-order valence-electron chi connectivity index (χ3n) is 2.97. The molecule has 0 fully saturated rings. The van der Waals surface area contributed by atoms with Crippen LogP contribution in [0, 0.1) is 18.3 Å². The maximum absolute atomic E-state index is 8.54. The molecular formula is C17H17NO. The van der Waals surface area contributed by atoms with Gasteiger partial charge in [0.25, 0.3) is 0 Å². The summed E-state index contributed by atoms with van der Waals surface area (Å²) in [6, 6.07) is 18.4. The van der Waals surface area contributed by atoms with E-state index in [9.17, 15) is 0 Å². The highest BCUT2D eigenvalue weighted by Gasteiger charge is 1.97. The molecular weight excluding hydrogens is 234 g/mol. The van der Waals surface area contributed by atoms with Crippen LogP contribution in [-0.2, 0) is 13.0 Å². The predicted molar refractivity (Wildman–Crippen MR) is 75.9 cm³/mol. The number of nitriles is 1. The Bertz CT molecular complexity index is 549. The van der Waals surface area contributed by atoms with Gasteiger partial charge in [0.15, 0.2) is 0 Å². The van der Waals surface area contributed by atoms with Crippen molar-refractivity contribution in [1.82, 2.24) is 0 Å². The van der Waals surface area contributed by atoms with Crippen LogP contribution in [0.2, 0.25) is 0 Å². The summed E-state index contributed by atoms with van der Waals surface area (Å²) in [5, 5.41) is 8.54. The predicted octanol–water partition coefficient (Wildman–Crippen LogP) is 4.03. The minimum atomic E-state index is 0.559. The summed E-state index contributed by atoms with van der Waals surface area (Å²) in [6.45, 7) is 2.66. The molecule has 2 nitrogen and oxygen atoms in total. The first-order chi connectivity index (χ1) is 9.28. The SMILES string of the molecule is Cc1ccc(COc2ccc(CCC#N)cc2)cc1. The van der Waals surface area contributed by atoms with Gasteiger partial charge in [-0.05, 0) is 36.6 Å². The molecule has 2 rings (SSSR count). The average Bonchev–Trinajstić information content (AvgIpc) is 2.46. The van der Waals surface area contributed by atoms with Crippen LogP contribution in [0.15, 0.2) is 48.5 Å². The molecule has 2 aromatic rings. The highest BCUT2D eigenvalue weighted by molar-refractivity contribution is 5.28. The topological polar surface area (TPSA) is 33.0 Å². The van der Waals surface area contributed by atoms with Gasteiger partial charge in [0.2, 0.25) is 0 Å². The lowest BCUT2D eigenvalue weighted by molar-refractivity contribution is 0.306. The van der Waals surface area contributed by atoms with E-state index in [0.717, 1.165) is 12.2 Å². The van der Waals surface area contributed by atoms with Crippen molar-refractivity contribution in [2.75, 3.05) is 0 Å². The summed E-state index contributed by atoms with van der Waals surface area (Å²) < 4.78 is 5.73. The molecule has 0 aliphatic heterocycles. The molecule has 2 heteroatoms. The lowest BCUT2D eigenvalue weighted by atomic mass is 10.1. The molecule has 0 N–H and O–H groups in total. The monoisotopic (exact) mass is 251 g/mol. The van der Waals surface area contributed by atoms with E-state index in [-0.39, 0.29) is 0 Å². The normalized spacial score (nSPS) is 9.89. The third-order valence-corrected chi connectivity index (χ3v) is 2.97. The first kappa shape index (κ1) is 13.2. The number of nitrogens with zero attached hydrogens (tertiary/aromatic N) is 1. The van der Waals surface area contributed by atoms with Crippen molar-refractivity contribution in [1.29, 1.82) is 5.26 Å². The van der Waals surface area contributed by atoms with E-state index in [4.69, 9.17) is 10.00 Å². The van der Waals surface area contributed by atoms with Crippen molar-refractivity contribution >= 4 is 0 Å². The third kappa shape index (κ3) is 4.15. The fourth-order valence-electron chi connectivity index (χ4n) is 1.80. The molecule has 0 saturated heterocycles. The van der Waals surface area contributed by atoms with Gasteiger partial charge in [0.05, 0.1) is 6.07 Å². The lowest BCUT2D eigenvalue weighted by Gasteiger charge is -2.07. The van der Waals surface area contributed by atoms with Gasteiger partial charge in [-0.3, -0.25) is 0 Å². The van der Waals surface area contributed by atoms with Crippen molar-refractivity contribution < 1.29 is 4.74 Å². The summed E-state index contributed by atoms with van der Waals surface area (Å²) >= 11 is 0. The van der Waals surface area contributed by atoms with Gasteiger partial charge in [-0.15, -0.1) is 0 Å². The Labute approximate surface area is 114 Å². The van der Waals surface area contributed by atoms with E-state index in [1.165, 1.54) is 16.7 Å². The molecule has 0 amide bonds. The van der Waals surface area contributed by atoms with Gasteiger partial charge in [-0.1, -0.05) is 42.0 Å². The van der Waals surface area contributed by atoms with Gasteiger partial charge in [0.1, 0.15) is 12.4 Å². The zero-order valence-corrected chi connectivity index (χ0v) is 11.1. The summed E-state index contributed by atoms with van der Waals surface area (Å²) in [5.74, 6) is 0.862. The zero-order valence-electron chi connectivity index (χ0n) is 11.1. The smallest absolute Gasteiger partial charge is 0.119 e. The molecule has 0 bridgehead atoms. The summed E-state index contributed by atoms with van der Waals surface area (Å²) in [4.78, 5) is 0. The minimum Gasteiger partial charge on any atom is -0.489 e. The van der Waals surface area contributed by atoms with Crippen molar-refractivity contribution in [2.24, 2.45) is 0 Å². The van der Waals surface area contributed by atoms with Gasteiger partial charge < -0.3 is 4.74 Å². The second-order valence-corrected chi connectivity index (χ2v) is 4.58. The number of hydrogen-bond acceptors (Lipinski definition) is 2. The lowest BCUT2D eigenvalue weighted by Crippen LogP contribution is -1.95. The Hall–Kier alpha value is -2.27. The molecule has 0 spiro atoms. The summed E-state index contributed by atoms with van der Waals surface area (Å²) in [7, 11) is 0. The fourth-order valence-corrected chi connectivity index (χ4v) is 1.80. The van der Waals surface area contributed by atoms with E-state index in [1.54, 1.807) is 0 Å². The van der Waals surface area contributed by atoms with Gasteiger partial charge in [0, 0.05) is 6.42 Å². The van der Waals surface area contributed by atoms with E-state index in [2.05, 4.69) is 37.3 Å². The molecule has 2 aromatic carbocycles. The molecule has 19 heavy (non-hydrogen) atoms. The van der Waals surface area contributed by atoms with Crippen molar-refractivity contribution in [3.8, 4) is 11.8 Å². The number of rotatable bonds is 5. The maximum atomic E-state index is 8.54. The van der Waals surface area contributed by atoms with E-state index in [0.29, 0.717) is 13.0 Å². The van der Waals surface area contributed by atoms with Gasteiger partial charge >= 0.3 is 0 Å². The second-order valence-electron chi connectivity index (χ2n) is 4.58. The highest BCUT2D eigenvalue weighted by Crippen LogP contribution is 2.15. The van der Waals surface area contributed by atoms with Crippen molar-refractivity contribution in [3.63, 3.8) is 0 Å². The molecule has 0 aliphatic rings. The first-order valence-electron chi connectivity index (χ1n) is 6.42. The van der Waals surface area contributed by atoms with Gasteiger partial charge in [-0.2, -0.15) is 5.26 Å². The Morgan fingerprint density at radius 1 is 0.947 bits per heavy atom. The van der Waals surface area contributed by atoms with Crippen LogP contribution < -0.4 is 4.74 Å². The molecule has 0 saturated carbocycles. The summed E-state index contributed by atoms with van der Waals surface area (Å²) in [6.07, 6.45) is 1.36. The number of benzene rings is 2. The Kier molecular flexibility index (Phi) is 4.58. The standard InChI is InChI=1S/C17H17NO/c1-14-4-6-16(7-5-14)13-19-17-10-8-15(9-11-17)3-2-12-18/h4-11H,2-3,13H2,1H3. The van der Waals surface area contributed by atoms with E-state index >= 15 is 0 Å². The van der Waals surface area contributed by atoms with Crippen molar-refractivity contribution in [3.05, 3.63) is 65.2 Å². The molecule has 0 heterocycles. The number of hydrogen-bond donors (Lipinski definition) is 0. The first-order valence-corrected chi connectivity index (χ1v) is 6.42. The van der Waals surface area contributed by atoms with Crippen LogP contribution in [0.4, 0.5) is 0 Å².